The molecule has 5 heteroatoms. The summed E-state index contributed by atoms with van der Waals surface area (Å²) in [5.74, 6) is 0.400. The maximum absolute atomic E-state index is 13.4. The van der Waals surface area contributed by atoms with Gasteiger partial charge in [0.2, 0.25) is 0 Å². The Morgan fingerprint density at radius 2 is 1.07 bits per heavy atom. The number of halogens is 3. The molecule has 2 nitrogen and oxygen atoms in total. The van der Waals surface area contributed by atoms with Crippen LogP contribution < -0.4 is 4.90 Å². The Balaban J connectivity index is 1.59. The van der Waals surface area contributed by atoms with Gasteiger partial charge in [0, 0.05) is 22.7 Å². The Morgan fingerprint density at radius 1 is 0.512 bits per heavy atom. The molecule has 0 bridgehead atoms. The van der Waals surface area contributed by atoms with Crippen LogP contribution in [0.15, 0.2) is 140 Å². The molecule has 0 saturated carbocycles. The monoisotopic (exact) mass is 540 g/mol. The molecular formula is C36H23F3N2. The largest absolute Gasteiger partial charge is 0.417 e. The van der Waals surface area contributed by atoms with E-state index in [1.807, 2.05) is 65.6 Å². The summed E-state index contributed by atoms with van der Waals surface area (Å²) in [5, 5.41) is 6.35. The molecule has 198 valence electrons. The Kier molecular flexibility index (Phi) is 5.93. The van der Waals surface area contributed by atoms with Gasteiger partial charge in [-0.3, -0.25) is 4.90 Å². The van der Waals surface area contributed by atoms with Gasteiger partial charge in [0.1, 0.15) is 5.82 Å². The molecule has 41 heavy (non-hydrogen) atoms. The van der Waals surface area contributed by atoms with Crippen LogP contribution >= 0.6 is 0 Å². The Hall–Kier alpha value is -5.16. The number of benzene rings is 6. The molecule has 7 rings (SSSR count). The molecule has 0 aliphatic rings. The lowest BCUT2D eigenvalue weighted by atomic mass is 9.88. The zero-order chi connectivity index (χ0) is 28.0. The third-order valence-corrected chi connectivity index (χ3v) is 7.50. The molecule has 0 aliphatic heterocycles. The van der Waals surface area contributed by atoms with Gasteiger partial charge in [-0.15, -0.1) is 0 Å². The number of hydrogen-bond donors (Lipinski definition) is 0. The molecule has 0 N–H and O–H groups in total. The van der Waals surface area contributed by atoms with Crippen molar-refractivity contribution in [1.82, 2.24) is 4.98 Å². The first-order valence-corrected chi connectivity index (χ1v) is 13.3. The Bertz CT molecular complexity index is 1970. The number of nitrogens with zero attached hydrogens (tertiary/aromatic N) is 2. The number of fused-ring (bicyclic) bond motifs is 3. The highest BCUT2D eigenvalue weighted by Crippen LogP contribution is 2.48. The normalized spacial score (nSPS) is 11.8. The molecule has 0 saturated heterocycles. The molecule has 0 unspecified atom stereocenters. The molecule has 0 radical (unpaired) electrons. The highest BCUT2D eigenvalue weighted by atomic mass is 19.4. The van der Waals surface area contributed by atoms with Gasteiger partial charge < -0.3 is 0 Å². The molecule has 0 atom stereocenters. The molecule has 0 amide bonds. The van der Waals surface area contributed by atoms with E-state index in [1.165, 1.54) is 6.07 Å². The van der Waals surface area contributed by atoms with E-state index in [1.54, 1.807) is 0 Å². The van der Waals surface area contributed by atoms with Gasteiger partial charge in [0.05, 0.1) is 11.3 Å². The van der Waals surface area contributed by atoms with E-state index in [2.05, 4.69) is 65.6 Å². The van der Waals surface area contributed by atoms with Crippen LogP contribution in [0.5, 0.6) is 0 Å². The second-order valence-corrected chi connectivity index (χ2v) is 9.92. The first-order chi connectivity index (χ1) is 20.0. The molecule has 7 aromatic rings. The second-order valence-electron chi connectivity index (χ2n) is 9.92. The minimum Gasteiger partial charge on any atom is -0.294 e. The van der Waals surface area contributed by atoms with Crippen molar-refractivity contribution in [2.75, 3.05) is 4.90 Å². The quantitative estimate of drug-likeness (QED) is 0.206. The molecule has 1 heterocycles. The number of rotatable bonds is 4. The molecule has 0 spiro atoms. The van der Waals surface area contributed by atoms with Gasteiger partial charge in [0.15, 0.2) is 0 Å². The fourth-order valence-electron chi connectivity index (χ4n) is 5.72. The molecule has 1 aromatic heterocycles. The zero-order valence-corrected chi connectivity index (χ0v) is 21.8. The van der Waals surface area contributed by atoms with Crippen LogP contribution in [0.1, 0.15) is 5.56 Å². The van der Waals surface area contributed by atoms with Gasteiger partial charge in [-0.2, -0.15) is 13.2 Å². The third kappa shape index (κ3) is 4.27. The fraction of sp³-hybridized carbons (Fsp3) is 0.0278. The number of pyridine rings is 1. The first kappa shape index (κ1) is 24.9. The second kappa shape index (κ2) is 9.79. The van der Waals surface area contributed by atoms with Crippen LogP contribution in [0.25, 0.3) is 43.4 Å². The SMILES string of the molecule is FC(F)(F)c1ccc(N(c2ccccc2)c2c3ccccc3c(-c3cccc4ccccc34)c3ccccc23)nc1. The van der Waals surface area contributed by atoms with E-state index in [4.69, 9.17) is 0 Å². The maximum atomic E-state index is 13.4. The maximum Gasteiger partial charge on any atom is 0.417 e. The van der Waals surface area contributed by atoms with E-state index in [0.29, 0.717) is 5.82 Å². The first-order valence-electron chi connectivity index (χ1n) is 13.3. The average Bonchev–Trinajstić information content (AvgIpc) is 3.01. The van der Waals surface area contributed by atoms with Crippen molar-refractivity contribution in [3.63, 3.8) is 0 Å². The number of aromatic nitrogens is 1. The summed E-state index contributed by atoms with van der Waals surface area (Å²) in [6.45, 7) is 0. The fourth-order valence-corrected chi connectivity index (χ4v) is 5.72. The third-order valence-electron chi connectivity index (χ3n) is 7.50. The van der Waals surface area contributed by atoms with Crippen molar-refractivity contribution in [3.05, 3.63) is 145 Å². The van der Waals surface area contributed by atoms with Crippen LogP contribution in [0, 0.1) is 0 Å². The average molecular weight is 541 g/mol. The van der Waals surface area contributed by atoms with Crippen LogP contribution in [-0.4, -0.2) is 4.98 Å². The van der Waals surface area contributed by atoms with Crippen molar-refractivity contribution >= 4 is 49.5 Å². The molecular weight excluding hydrogens is 517 g/mol. The number of para-hydroxylation sites is 1. The smallest absolute Gasteiger partial charge is 0.294 e. The van der Waals surface area contributed by atoms with Crippen molar-refractivity contribution in [3.8, 4) is 11.1 Å². The molecule has 0 fully saturated rings. The topological polar surface area (TPSA) is 16.1 Å². The summed E-state index contributed by atoms with van der Waals surface area (Å²) in [6.07, 6.45) is -3.57. The van der Waals surface area contributed by atoms with Crippen molar-refractivity contribution in [2.24, 2.45) is 0 Å². The van der Waals surface area contributed by atoms with Gasteiger partial charge in [-0.05, 0) is 56.9 Å². The highest BCUT2D eigenvalue weighted by molar-refractivity contribution is 6.24. The Labute approximate surface area is 234 Å². The number of hydrogen-bond acceptors (Lipinski definition) is 2. The minimum atomic E-state index is -4.47. The summed E-state index contributed by atoms with van der Waals surface area (Å²) < 4.78 is 40.3. The predicted octanol–water partition coefficient (Wildman–Crippen LogP) is 10.7. The predicted molar refractivity (Wildman–Crippen MR) is 162 cm³/mol. The van der Waals surface area contributed by atoms with Gasteiger partial charge in [-0.25, -0.2) is 4.98 Å². The van der Waals surface area contributed by atoms with Crippen LogP contribution in [0.3, 0.4) is 0 Å². The lowest BCUT2D eigenvalue weighted by Gasteiger charge is -2.29. The standard InChI is InChI=1S/C36H23F3N2/c37-36(38,39)25-21-22-33(40-23-25)41(26-13-2-1-3-14-26)35-31-18-8-6-16-29(31)34(30-17-7-9-19-32(30)35)28-20-10-12-24-11-4-5-15-27(24)28/h1-23H. The van der Waals surface area contributed by atoms with E-state index >= 15 is 0 Å². The van der Waals surface area contributed by atoms with Crippen molar-refractivity contribution < 1.29 is 13.2 Å². The number of alkyl halides is 3. The lowest BCUT2D eigenvalue weighted by Crippen LogP contribution is -2.14. The van der Waals surface area contributed by atoms with Gasteiger partial charge >= 0.3 is 6.18 Å². The summed E-state index contributed by atoms with van der Waals surface area (Å²) >= 11 is 0. The van der Waals surface area contributed by atoms with E-state index in [0.717, 1.165) is 67.1 Å². The number of anilines is 3. The highest BCUT2D eigenvalue weighted by Gasteiger charge is 2.31. The van der Waals surface area contributed by atoms with Crippen molar-refractivity contribution in [2.45, 2.75) is 6.18 Å². The van der Waals surface area contributed by atoms with Crippen LogP contribution in [0.4, 0.5) is 30.4 Å². The summed E-state index contributed by atoms with van der Waals surface area (Å²) in [7, 11) is 0. The molecule has 6 aromatic carbocycles. The summed E-state index contributed by atoms with van der Waals surface area (Å²) in [6, 6.07) is 43.3. The van der Waals surface area contributed by atoms with E-state index < -0.39 is 11.7 Å². The zero-order valence-electron chi connectivity index (χ0n) is 21.8. The minimum absolute atomic E-state index is 0.400. The lowest BCUT2D eigenvalue weighted by molar-refractivity contribution is -0.137. The van der Waals surface area contributed by atoms with Crippen LogP contribution in [0.2, 0.25) is 0 Å². The van der Waals surface area contributed by atoms with E-state index in [-0.39, 0.29) is 0 Å². The van der Waals surface area contributed by atoms with E-state index in [9.17, 15) is 13.2 Å². The van der Waals surface area contributed by atoms with Gasteiger partial charge in [-0.1, -0.05) is 109 Å². The van der Waals surface area contributed by atoms with Crippen molar-refractivity contribution in [1.29, 1.82) is 0 Å². The molecule has 0 aliphatic carbocycles. The van der Waals surface area contributed by atoms with Crippen LogP contribution in [-0.2, 0) is 6.18 Å². The Morgan fingerprint density at radius 3 is 1.68 bits per heavy atom. The summed E-state index contributed by atoms with van der Waals surface area (Å²) in [4.78, 5) is 6.30. The van der Waals surface area contributed by atoms with Gasteiger partial charge in [0.25, 0.3) is 0 Å². The summed E-state index contributed by atoms with van der Waals surface area (Å²) in [5.41, 5.74) is 3.12.